The molecule has 0 aliphatic carbocycles. The Labute approximate surface area is 220 Å². The lowest BCUT2D eigenvalue weighted by Gasteiger charge is -2.54. The number of carbonyl (C=O) groups is 4. The first kappa shape index (κ1) is 24.7. The van der Waals surface area contributed by atoms with Crippen LogP contribution in [0.1, 0.15) is 46.0 Å². The number of nitrogens with one attached hydrogen (secondary N) is 2. The van der Waals surface area contributed by atoms with E-state index in [4.69, 9.17) is 4.74 Å². The van der Waals surface area contributed by atoms with Gasteiger partial charge in [-0.2, -0.15) is 0 Å². The monoisotopic (exact) mass is 517 g/mol. The number of piperidine rings is 1. The van der Waals surface area contributed by atoms with E-state index in [0.29, 0.717) is 11.7 Å². The maximum atomic E-state index is 13.7. The van der Waals surface area contributed by atoms with E-state index in [1.54, 1.807) is 18.2 Å². The molecule has 4 amide bonds. The minimum Gasteiger partial charge on any atom is -0.379 e. The van der Waals surface area contributed by atoms with Crippen LogP contribution in [0.25, 0.3) is 0 Å². The molecule has 4 aliphatic heterocycles. The molecule has 0 saturated carbocycles. The molecular formula is C28H31N5O5. The van der Waals surface area contributed by atoms with Crippen LogP contribution in [0.2, 0.25) is 0 Å². The van der Waals surface area contributed by atoms with E-state index in [0.717, 1.165) is 49.9 Å². The van der Waals surface area contributed by atoms with Gasteiger partial charge >= 0.3 is 0 Å². The van der Waals surface area contributed by atoms with E-state index in [1.807, 2.05) is 18.2 Å². The predicted molar refractivity (Wildman–Crippen MR) is 138 cm³/mol. The van der Waals surface area contributed by atoms with Crippen LogP contribution in [0.4, 0.5) is 5.69 Å². The molecule has 6 rings (SSSR count). The Morgan fingerprint density at radius 1 is 0.947 bits per heavy atom. The predicted octanol–water partition coefficient (Wildman–Crippen LogP) is 1.39. The fraction of sp³-hybridized carbons (Fsp3) is 0.429. The number of nitrogens with zero attached hydrogens (tertiary/aromatic N) is 3. The lowest BCUT2D eigenvalue weighted by molar-refractivity contribution is -0.136. The highest BCUT2D eigenvalue weighted by Crippen LogP contribution is 2.39. The molecule has 0 radical (unpaired) electrons. The summed E-state index contributed by atoms with van der Waals surface area (Å²) in [6, 6.07) is 14.7. The normalized spacial score (nSPS) is 24.6. The first-order valence-electron chi connectivity index (χ1n) is 13.1. The molecule has 198 valence electrons. The fourth-order valence-corrected chi connectivity index (χ4v) is 5.97. The van der Waals surface area contributed by atoms with Gasteiger partial charge in [-0.15, -0.1) is 0 Å². The van der Waals surface area contributed by atoms with E-state index in [1.165, 1.54) is 0 Å². The molecule has 4 heterocycles. The van der Waals surface area contributed by atoms with Crippen molar-refractivity contribution in [1.82, 2.24) is 20.0 Å². The van der Waals surface area contributed by atoms with Crippen molar-refractivity contribution < 1.29 is 23.9 Å². The van der Waals surface area contributed by atoms with Crippen LogP contribution in [0.15, 0.2) is 48.5 Å². The number of morpholine rings is 1. The second-order valence-electron chi connectivity index (χ2n) is 10.4. The van der Waals surface area contributed by atoms with E-state index < -0.39 is 35.3 Å². The van der Waals surface area contributed by atoms with Crippen LogP contribution in [0, 0.1) is 0 Å². The third-order valence-corrected chi connectivity index (χ3v) is 8.24. The number of fused-ring (bicyclic) bond motifs is 1. The van der Waals surface area contributed by atoms with E-state index in [9.17, 15) is 19.2 Å². The van der Waals surface area contributed by atoms with E-state index in [-0.39, 0.29) is 24.0 Å². The number of carbonyl (C=O) groups excluding carboxylic acids is 4. The fourth-order valence-electron chi connectivity index (χ4n) is 5.97. The molecule has 2 aromatic carbocycles. The van der Waals surface area contributed by atoms with Crippen LogP contribution in [-0.4, -0.2) is 89.8 Å². The molecule has 0 spiro atoms. The molecule has 38 heavy (non-hydrogen) atoms. The second kappa shape index (κ2) is 9.61. The molecule has 10 heteroatoms. The molecule has 2 aromatic rings. The zero-order valence-corrected chi connectivity index (χ0v) is 21.3. The van der Waals surface area contributed by atoms with Crippen molar-refractivity contribution in [2.24, 2.45) is 0 Å². The summed E-state index contributed by atoms with van der Waals surface area (Å²) in [5, 5.41) is 5.87. The summed E-state index contributed by atoms with van der Waals surface area (Å²) in [6.07, 6.45) is 0.206. The molecule has 0 aromatic heterocycles. The van der Waals surface area contributed by atoms with Gasteiger partial charge in [0.15, 0.2) is 0 Å². The average molecular weight is 518 g/mol. The van der Waals surface area contributed by atoms with Gasteiger partial charge in [-0.1, -0.05) is 36.4 Å². The van der Waals surface area contributed by atoms with Crippen molar-refractivity contribution in [3.8, 4) is 0 Å². The summed E-state index contributed by atoms with van der Waals surface area (Å²) >= 11 is 0. The largest absolute Gasteiger partial charge is 0.379 e. The number of imide groups is 2. The topological polar surface area (TPSA) is 111 Å². The van der Waals surface area contributed by atoms with Gasteiger partial charge in [-0.05, 0) is 31.0 Å². The second-order valence-corrected chi connectivity index (χ2v) is 10.4. The summed E-state index contributed by atoms with van der Waals surface area (Å²) in [5.74, 6) is -2.04. The Hall–Kier alpha value is -3.60. The maximum absolute atomic E-state index is 13.7. The summed E-state index contributed by atoms with van der Waals surface area (Å²) in [6.45, 7) is 7.14. The SMILES string of the molecule is CC(Nc1cccc2c1C(=O)N(C1CCC(=O)NC1=O)C2=O)(c1ccccc1)N1CC(N2CCOCC2)C1. The molecular weight excluding hydrogens is 486 g/mol. The van der Waals surface area contributed by atoms with Crippen molar-refractivity contribution in [3.63, 3.8) is 0 Å². The molecule has 4 aliphatic rings. The number of anilines is 1. The van der Waals surface area contributed by atoms with Gasteiger partial charge in [0.1, 0.15) is 11.7 Å². The minimum absolute atomic E-state index is 0.0836. The summed E-state index contributed by atoms with van der Waals surface area (Å²) in [7, 11) is 0. The highest BCUT2D eigenvalue weighted by molar-refractivity contribution is 6.25. The standard InChI is InChI=1S/C28H31N5O5/c1-28(18-6-3-2-4-7-18,32-16-19(17-32)31-12-14-38-15-13-31)30-21-9-5-8-20-24(21)27(37)33(26(20)36)22-10-11-23(34)29-25(22)35/h2-9,19,22,30H,10-17H2,1H3,(H,29,34,35). The molecule has 3 fully saturated rings. The lowest BCUT2D eigenvalue weighted by Crippen LogP contribution is -2.68. The van der Waals surface area contributed by atoms with Crippen LogP contribution in [-0.2, 0) is 20.0 Å². The van der Waals surface area contributed by atoms with Crippen molar-refractivity contribution in [1.29, 1.82) is 0 Å². The Kier molecular flexibility index (Phi) is 6.25. The number of hydrogen-bond acceptors (Lipinski definition) is 8. The number of hydrogen-bond donors (Lipinski definition) is 2. The van der Waals surface area contributed by atoms with Crippen LogP contribution < -0.4 is 10.6 Å². The number of ether oxygens (including phenoxy) is 1. The van der Waals surface area contributed by atoms with Gasteiger partial charge in [0, 0.05) is 44.3 Å². The first-order chi connectivity index (χ1) is 18.4. The number of amides is 4. The summed E-state index contributed by atoms with van der Waals surface area (Å²) in [4.78, 5) is 57.0. The van der Waals surface area contributed by atoms with Gasteiger partial charge in [-0.25, -0.2) is 0 Å². The van der Waals surface area contributed by atoms with Gasteiger partial charge in [0.25, 0.3) is 11.8 Å². The zero-order chi connectivity index (χ0) is 26.4. The molecule has 3 saturated heterocycles. The van der Waals surface area contributed by atoms with Crippen molar-refractivity contribution >= 4 is 29.3 Å². The van der Waals surface area contributed by atoms with Crippen LogP contribution >= 0.6 is 0 Å². The quantitative estimate of drug-likeness (QED) is 0.553. The number of benzene rings is 2. The highest BCUT2D eigenvalue weighted by atomic mass is 16.5. The Balaban J connectivity index is 1.30. The first-order valence-corrected chi connectivity index (χ1v) is 13.1. The summed E-state index contributed by atoms with van der Waals surface area (Å²) < 4.78 is 5.51. The van der Waals surface area contributed by atoms with Gasteiger partial charge in [0.05, 0.1) is 24.3 Å². The molecule has 2 unspecified atom stereocenters. The van der Waals surface area contributed by atoms with Crippen molar-refractivity contribution in [2.75, 3.05) is 44.7 Å². The van der Waals surface area contributed by atoms with Gasteiger partial charge in [0.2, 0.25) is 11.8 Å². The highest BCUT2D eigenvalue weighted by Gasteiger charge is 2.48. The van der Waals surface area contributed by atoms with Crippen LogP contribution in [0.3, 0.4) is 0 Å². The molecule has 10 nitrogen and oxygen atoms in total. The Bertz CT molecular complexity index is 1290. The Morgan fingerprint density at radius 3 is 2.39 bits per heavy atom. The van der Waals surface area contributed by atoms with Crippen LogP contribution in [0.5, 0.6) is 0 Å². The molecule has 0 bridgehead atoms. The lowest BCUT2D eigenvalue weighted by atomic mass is 9.92. The molecule has 2 atom stereocenters. The average Bonchev–Trinajstić information content (AvgIpc) is 3.15. The smallest absolute Gasteiger partial charge is 0.264 e. The van der Waals surface area contributed by atoms with Gasteiger partial charge in [-0.3, -0.25) is 39.2 Å². The van der Waals surface area contributed by atoms with E-state index >= 15 is 0 Å². The number of likely N-dealkylation sites (tertiary alicyclic amines) is 1. The van der Waals surface area contributed by atoms with Crippen molar-refractivity contribution in [3.05, 3.63) is 65.2 Å². The third-order valence-electron chi connectivity index (χ3n) is 8.24. The zero-order valence-electron chi connectivity index (χ0n) is 21.3. The maximum Gasteiger partial charge on any atom is 0.264 e. The molecule has 2 N–H and O–H groups in total. The summed E-state index contributed by atoms with van der Waals surface area (Å²) in [5.41, 5.74) is 1.45. The number of rotatable bonds is 6. The minimum atomic E-state index is -1.00. The Morgan fingerprint density at radius 2 is 1.68 bits per heavy atom. The van der Waals surface area contributed by atoms with E-state index in [2.05, 4.69) is 39.5 Å². The van der Waals surface area contributed by atoms with Gasteiger partial charge < -0.3 is 10.1 Å². The van der Waals surface area contributed by atoms with Crippen molar-refractivity contribution in [2.45, 2.75) is 37.5 Å². The third kappa shape index (κ3) is 4.09.